The van der Waals surface area contributed by atoms with E-state index in [1.165, 1.54) is 6.92 Å². The van der Waals surface area contributed by atoms with E-state index in [1.807, 2.05) is 0 Å². The molecule has 0 radical (unpaired) electrons. The van der Waals surface area contributed by atoms with Crippen molar-refractivity contribution in [3.05, 3.63) is 40.4 Å². The van der Waals surface area contributed by atoms with Crippen LogP contribution in [0.25, 0.3) is 0 Å². The highest BCUT2D eigenvalue weighted by atomic mass is 35.5. The van der Waals surface area contributed by atoms with Gasteiger partial charge in [0.25, 0.3) is 10.0 Å². The van der Waals surface area contributed by atoms with Crippen molar-refractivity contribution in [2.45, 2.75) is 32.2 Å². The number of sulfonamides is 1. The van der Waals surface area contributed by atoms with E-state index in [4.69, 9.17) is 11.6 Å². The van der Waals surface area contributed by atoms with Gasteiger partial charge in [0.2, 0.25) is 5.95 Å². The second kappa shape index (κ2) is 5.65. The summed E-state index contributed by atoms with van der Waals surface area (Å²) >= 11 is 5.95. The van der Waals surface area contributed by atoms with Gasteiger partial charge in [-0.1, -0.05) is 17.7 Å². The Morgan fingerprint density at radius 2 is 2.05 bits per heavy atom. The Morgan fingerprint density at radius 1 is 1.38 bits per heavy atom. The molecule has 2 rings (SSSR count). The van der Waals surface area contributed by atoms with Crippen LogP contribution in [0.5, 0.6) is 0 Å². The summed E-state index contributed by atoms with van der Waals surface area (Å²) in [6, 6.07) is 4.83. The van der Waals surface area contributed by atoms with E-state index in [0.29, 0.717) is 16.3 Å². The zero-order valence-corrected chi connectivity index (χ0v) is 13.4. The number of nitrogens with one attached hydrogen (secondary N) is 1. The van der Waals surface area contributed by atoms with Gasteiger partial charge in [0.15, 0.2) is 4.90 Å². The lowest BCUT2D eigenvalue weighted by molar-refractivity contribution is 0.454. The third-order valence-corrected chi connectivity index (χ3v) is 4.99. The number of nitrogens with zero attached hydrogens (tertiary/aromatic N) is 2. The fourth-order valence-electron chi connectivity index (χ4n) is 1.97. The van der Waals surface area contributed by atoms with E-state index >= 15 is 0 Å². The molecule has 0 unspecified atom stereocenters. The zero-order chi connectivity index (χ0) is 15.8. The van der Waals surface area contributed by atoms with Gasteiger partial charge in [0.1, 0.15) is 0 Å². The van der Waals surface area contributed by atoms with E-state index in [1.54, 1.807) is 32.0 Å². The van der Waals surface area contributed by atoms with Crippen LogP contribution in [0.2, 0.25) is 5.02 Å². The molecule has 0 bridgehead atoms. The summed E-state index contributed by atoms with van der Waals surface area (Å²) in [5, 5.41) is 4.30. The molecule has 0 amide bonds. The Hall–Kier alpha value is -1.60. The molecule has 0 saturated carbocycles. The Bertz CT molecular complexity index is 787. The Labute approximate surface area is 127 Å². The molecule has 0 aliphatic carbocycles. The van der Waals surface area contributed by atoms with E-state index in [0.717, 1.165) is 4.68 Å². The van der Waals surface area contributed by atoms with Crippen LogP contribution in [0.15, 0.2) is 23.1 Å². The topological polar surface area (TPSA) is 64.0 Å². The molecule has 1 aromatic carbocycles. The molecule has 0 atom stereocenters. The van der Waals surface area contributed by atoms with Crippen LogP contribution in [0, 0.1) is 19.8 Å². The standard InChI is InChI=1S/C13H15ClFN3O2S/c1-4-18-13(15)12(9(3)16-18)21(19,20)17-11-7-5-6-10(14)8(11)2/h5-7,17H,4H2,1-3H3. The van der Waals surface area contributed by atoms with Gasteiger partial charge in [0, 0.05) is 11.6 Å². The molecule has 21 heavy (non-hydrogen) atoms. The average Bonchev–Trinajstić information content (AvgIpc) is 2.70. The lowest BCUT2D eigenvalue weighted by atomic mass is 10.2. The Kier molecular flexibility index (Phi) is 4.25. The first kappa shape index (κ1) is 15.8. The van der Waals surface area contributed by atoms with Gasteiger partial charge in [-0.2, -0.15) is 9.49 Å². The SMILES string of the molecule is CCn1nc(C)c(S(=O)(=O)Nc2cccc(Cl)c2C)c1F. The summed E-state index contributed by atoms with van der Waals surface area (Å²) in [5.74, 6) is -0.873. The van der Waals surface area contributed by atoms with Crippen molar-refractivity contribution in [1.29, 1.82) is 0 Å². The minimum Gasteiger partial charge on any atom is -0.279 e. The third-order valence-electron chi connectivity index (χ3n) is 3.09. The van der Waals surface area contributed by atoms with E-state index in [2.05, 4.69) is 9.82 Å². The van der Waals surface area contributed by atoms with Crippen molar-refractivity contribution in [2.75, 3.05) is 4.72 Å². The van der Waals surface area contributed by atoms with Crippen LogP contribution in [0.1, 0.15) is 18.2 Å². The fourth-order valence-corrected chi connectivity index (χ4v) is 3.51. The van der Waals surface area contributed by atoms with Crippen LogP contribution in [-0.4, -0.2) is 18.2 Å². The van der Waals surface area contributed by atoms with Crippen molar-refractivity contribution in [2.24, 2.45) is 0 Å². The van der Waals surface area contributed by atoms with E-state index < -0.39 is 20.9 Å². The van der Waals surface area contributed by atoms with Crippen LogP contribution < -0.4 is 4.72 Å². The average molecular weight is 332 g/mol. The van der Waals surface area contributed by atoms with Crippen molar-refractivity contribution < 1.29 is 12.8 Å². The second-order valence-corrected chi connectivity index (χ2v) is 6.57. The summed E-state index contributed by atoms with van der Waals surface area (Å²) in [7, 11) is -4.07. The minimum atomic E-state index is -4.07. The number of rotatable bonds is 4. The molecule has 1 heterocycles. The fraction of sp³-hybridized carbons (Fsp3) is 0.308. The third kappa shape index (κ3) is 2.89. The molecule has 0 aliphatic rings. The molecular formula is C13H15ClFN3O2S. The van der Waals surface area contributed by atoms with Crippen LogP contribution >= 0.6 is 11.6 Å². The molecule has 114 valence electrons. The Morgan fingerprint density at radius 3 is 2.62 bits per heavy atom. The van der Waals surface area contributed by atoms with Gasteiger partial charge in [-0.15, -0.1) is 0 Å². The van der Waals surface area contributed by atoms with Crippen molar-refractivity contribution in [1.82, 2.24) is 9.78 Å². The number of benzene rings is 1. The molecule has 1 N–H and O–H groups in total. The molecule has 5 nitrogen and oxygen atoms in total. The predicted octanol–water partition coefficient (Wildman–Crippen LogP) is 3.11. The maximum atomic E-state index is 14.1. The van der Waals surface area contributed by atoms with Crippen molar-refractivity contribution in [3.63, 3.8) is 0 Å². The van der Waals surface area contributed by atoms with E-state index in [9.17, 15) is 12.8 Å². The molecule has 2 aromatic rings. The van der Waals surface area contributed by atoms with Gasteiger partial charge in [-0.25, -0.2) is 13.1 Å². The number of hydrogen-bond acceptors (Lipinski definition) is 3. The largest absolute Gasteiger partial charge is 0.279 e. The first-order chi connectivity index (χ1) is 9.77. The second-order valence-electron chi connectivity index (χ2n) is 4.54. The summed E-state index contributed by atoms with van der Waals surface area (Å²) in [6.07, 6.45) is 0. The predicted molar refractivity (Wildman–Crippen MR) is 79.6 cm³/mol. The van der Waals surface area contributed by atoms with Gasteiger partial charge in [0.05, 0.1) is 11.4 Å². The number of aryl methyl sites for hydroxylation is 2. The lowest BCUT2D eigenvalue weighted by Gasteiger charge is -2.11. The van der Waals surface area contributed by atoms with Crippen molar-refractivity contribution in [3.8, 4) is 0 Å². The highest BCUT2D eigenvalue weighted by molar-refractivity contribution is 7.92. The normalized spacial score (nSPS) is 11.7. The zero-order valence-electron chi connectivity index (χ0n) is 11.8. The minimum absolute atomic E-state index is 0.113. The molecule has 0 aliphatic heterocycles. The molecular weight excluding hydrogens is 317 g/mol. The number of aromatic nitrogens is 2. The smallest absolute Gasteiger partial charge is 0.268 e. The van der Waals surface area contributed by atoms with E-state index in [-0.39, 0.29) is 12.2 Å². The van der Waals surface area contributed by atoms with Gasteiger partial charge >= 0.3 is 0 Å². The Balaban J connectivity index is 2.49. The van der Waals surface area contributed by atoms with Gasteiger partial charge in [-0.3, -0.25) is 4.72 Å². The highest BCUT2D eigenvalue weighted by Gasteiger charge is 2.27. The van der Waals surface area contributed by atoms with Crippen molar-refractivity contribution >= 4 is 27.3 Å². The molecule has 1 aromatic heterocycles. The summed E-state index contributed by atoms with van der Waals surface area (Å²) in [5.41, 5.74) is 0.996. The summed E-state index contributed by atoms with van der Waals surface area (Å²) < 4.78 is 42.3. The number of anilines is 1. The van der Waals surface area contributed by atoms with Gasteiger partial charge < -0.3 is 0 Å². The number of hydrogen-bond donors (Lipinski definition) is 1. The molecule has 0 fully saturated rings. The maximum absolute atomic E-state index is 14.1. The van der Waals surface area contributed by atoms with Crippen LogP contribution in [0.4, 0.5) is 10.1 Å². The molecule has 8 heteroatoms. The van der Waals surface area contributed by atoms with Crippen LogP contribution in [-0.2, 0) is 16.6 Å². The first-order valence-corrected chi connectivity index (χ1v) is 8.15. The first-order valence-electron chi connectivity index (χ1n) is 6.28. The quantitative estimate of drug-likeness (QED) is 0.936. The molecule has 0 saturated heterocycles. The maximum Gasteiger partial charge on any atom is 0.268 e. The highest BCUT2D eigenvalue weighted by Crippen LogP contribution is 2.27. The monoisotopic (exact) mass is 331 g/mol. The summed E-state index contributed by atoms with van der Waals surface area (Å²) in [4.78, 5) is -0.441. The van der Waals surface area contributed by atoms with Gasteiger partial charge in [-0.05, 0) is 38.5 Å². The molecule has 0 spiro atoms. The number of halogens is 2. The summed E-state index contributed by atoms with van der Waals surface area (Å²) in [6.45, 7) is 5.06. The lowest BCUT2D eigenvalue weighted by Crippen LogP contribution is -2.16. The van der Waals surface area contributed by atoms with Crippen LogP contribution in [0.3, 0.4) is 0 Å².